The van der Waals surface area contributed by atoms with Gasteiger partial charge in [0.25, 0.3) is 0 Å². The van der Waals surface area contributed by atoms with Gasteiger partial charge < -0.3 is 15.4 Å². The Labute approximate surface area is 154 Å². The smallest absolute Gasteiger partial charge is 0.191 e. The highest BCUT2D eigenvalue weighted by atomic mass is 32.1. The van der Waals surface area contributed by atoms with Gasteiger partial charge in [-0.3, -0.25) is 0 Å². The van der Waals surface area contributed by atoms with Crippen molar-refractivity contribution < 1.29 is 4.74 Å². The summed E-state index contributed by atoms with van der Waals surface area (Å²) >= 11 is 1.71. The summed E-state index contributed by atoms with van der Waals surface area (Å²) in [6.07, 6.45) is 0.883. The lowest BCUT2D eigenvalue weighted by Crippen LogP contribution is -2.38. The molecule has 0 aliphatic carbocycles. The van der Waals surface area contributed by atoms with Gasteiger partial charge in [0.1, 0.15) is 5.75 Å². The number of hydrogen-bond donors (Lipinski definition) is 2. The van der Waals surface area contributed by atoms with Crippen LogP contribution in [-0.2, 0) is 13.0 Å². The van der Waals surface area contributed by atoms with E-state index in [0.717, 1.165) is 41.9 Å². The number of methoxy groups -OCH3 is 1. The second-order valence-corrected chi connectivity index (χ2v) is 7.22. The van der Waals surface area contributed by atoms with Crippen LogP contribution in [0.4, 0.5) is 0 Å². The van der Waals surface area contributed by atoms with Crippen LogP contribution in [0.3, 0.4) is 0 Å². The molecule has 25 heavy (non-hydrogen) atoms. The molecule has 0 radical (unpaired) electrons. The second kappa shape index (κ2) is 9.42. The number of aliphatic imine (C=N–C) groups is 1. The molecule has 1 heterocycles. The molecule has 0 aliphatic rings. The van der Waals surface area contributed by atoms with Gasteiger partial charge in [0, 0.05) is 18.0 Å². The fourth-order valence-corrected chi connectivity index (χ4v) is 3.49. The molecule has 2 aromatic rings. The highest BCUT2D eigenvalue weighted by Crippen LogP contribution is 2.20. The molecular weight excluding hydrogens is 332 g/mol. The number of hydrogen-bond acceptors (Lipinski definition) is 4. The molecule has 1 aromatic heterocycles. The van der Waals surface area contributed by atoms with Gasteiger partial charge in [-0.1, -0.05) is 17.7 Å². The quantitative estimate of drug-likeness (QED) is 0.587. The van der Waals surface area contributed by atoms with E-state index in [-0.39, 0.29) is 0 Å². The molecule has 6 heteroatoms. The molecule has 2 N–H and O–H groups in total. The van der Waals surface area contributed by atoms with E-state index in [1.54, 1.807) is 18.4 Å². The lowest BCUT2D eigenvalue weighted by Gasteiger charge is -2.13. The van der Waals surface area contributed by atoms with E-state index >= 15 is 0 Å². The van der Waals surface area contributed by atoms with E-state index in [0.29, 0.717) is 6.54 Å². The van der Waals surface area contributed by atoms with E-state index < -0.39 is 0 Å². The van der Waals surface area contributed by atoms with Gasteiger partial charge in [-0.25, -0.2) is 9.98 Å². The third kappa shape index (κ3) is 5.74. The largest absolute Gasteiger partial charge is 0.496 e. The molecule has 136 valence electrons. The van der Waals surface area contributed by atoms with Crippen LogP contribution in [0.1, 0.15) is 33.6 Å². The fraction of sp³-hybridized carbons (Fsp3) is 0.474. The first-order valence-electron chi connectivity index (χ1n) is 8.62. The van der Waals surface area contributed by atoms with Crippen LogP contribution >= 0.6 is 11.3 Å². The maximum absolute atomic E-state index is 5.45. The molecule has 0 saturated carbocycles. The first kappa shape index (κ1) is 19.2. The van der Waals surface area contributed by atoms with Crippen molar-refractivity contribution >= 4 is 17.3 Å². The Morgan fingerprint density at radius 1 is 1.24 bits per heavy atom. The van der Waals surface area contributed by atoms with Crippen molar-refractivity contribution in [3.05, 3.63) is 44.9 Å². The highest BCUT2D eigenvalue weighted by molar-refractivity contribution is 7.11. The maximum atomic E-state index is 5.45. The van der Waals surface area contributed by atoms with Gasteiger partial charge in [-0.15, -0.1) is 11.3 Å². The molecule has 0 spiro atoms. The van der Waals surface area contributed by atoms with Crippen molar-refractivity contribution in [1.82, 2.24) is 15.6 Å². The van der Waals surface area contributed by atoms with Gasteiger partial charge in [0.2, 0.25) is 0 Å². The summed E-state index contributed by atoms with van der Waals surface area (Å²) < 4.78 is 5.45. The summed E-state index contributed by atoms with van der Waals surface area (Å²) in [5.41, 5.74) is 3.53. The Balaban J connectivity index is 1.96. The molecule has 5 nitrogen and oxygen atoms in total. The fourth-order valence-electron chi connectivity index (χ4n) is 2.63. The second-order valence-electron chi connectivity index (χ2n) is 5.93. The molecular formula is C19H28N4OS. The summed E-state index contributed by atoms with van der Waals surface area (Å²) in [7, 11) is 1.71. The Morgan fingerprint density at radius 2 is 2.04 bits per heavy atom. The van der Waals surface area contributed by atoms with E-state index in [1.807, 2.05) is 19.9 Å². The van der Waals surface area contributed by atoms with Crippen molar-refractivity contribution in [2.24, 2.45) is 4.99 Å². The Bertz CT molecular complexity index is 724. The predicted octanol–water partition coefficient (Wildman–Crippen LogP) is 3.37. The number of guanidine groups is 1. The van der Waals surface area contributed by atoms with E-state index in [9.17, 15) is 0 Å². The molecule has 0 amide bonds. The van der Waals surface area contributed by atoms with Crippen molar-refractivity contribution in [3.8, 4) is 5.75 Å². The number of rotatable bonds is 7. The number of nitrogens with one attached hydrogen (secondary N) is 2. The zero-order valence-corrected chi connectivity index (χ0v) is 16.6. The SMILES string of the molecule is CCNC(=NCc1sc(C)nc1C)NCCc1cc(C)ccc1OC. The number of ether oxygens (including phenoxy) is 1. The summed E-state index contributed by atoms with van der Waals surface area (Å²) in [6, 6.07) is 6.27. The standard InChI is InChI=1S/C19H28N4OS/c1-6-20-19(22-12-18-14(3)23-15(4)25-18)21-10-9-16-11-13(2)7-8-17(16)24-5/h7-8,11H,6,9-10,12H2,1-5H3,(H2,20,21,22). The number of nitrogens with zero attached hydrogens (tertiary/aromatic N) is 2. The van der Waals surface area contributed by atoms with Gasteiger partial charge in [0.15, 0.2) is 5.96 Å². The van der Waals surface area contributed by atoms with Gasteiger partial charge in [0.05, 0.1) is 24.4 Å². The molecule has 0 unspecified atom stereocenters. The molecule has 0 saturated heterocycles. The molecule has 0 fully saturated rings. The maximum Gasteiger partial charge on any atom is 0.191 e. The van der Waals surface area contributed by atoms with Crippen molar-refractivity contribution in [1.29, 1.82) is 0 Å². The van der Waals surface area contributed by atoms with Crippen LogP contribution in [0.25, 0.3) is 0 Å². The van der Waals surface area contributed by atoms with Crippen LogP contribution in [0, 0.1) is 20.8 Å². The van der Waals surface area contributed by atoms with Gasteiger partial charge in [-0.05, 0) is 45.7 Å². The number of aryl methyl sites for hydroxylation is 3. The lowest BCUT2D eigenvalue weighted by atomic mass is 10.1. The van der Waals surface area contributed by atoms with Crippen LogP contribution in [0.5, 0.6) is 5.75 Å². The average Bonchev–Trinajstić information content (AvgIpc) is 2.90. The first-order valence-corrected chi connectivity index (χ1v) is 9.43. The monoisotopic (exact) mass is 360 g/mol. The van der Waals surface area contributed by atoms with Crippen molar-refractivity contribution in [3.63, 3.8) is 0 Å². The zero-order chi connectivity index (χ0) is 18.2. The van der Waals surface area contributed by atoms with E-state index in [2.05, 4.69) is 46.6 Å². The minimum absolute atomic E-state index is 0.653. The highest BCUT2D eigenvalue weighted by Gasteiger charge is 2.06. The summed E-state index contributed by atoms with van der Waals surface area (Å²) in [4.78, 5) is 10.4. The third-order valence-corrected chi connectivity index (χ3v) is 4.90. The minimum Gasteiger partial charge on any atom is -0.496 e. The lowest BCUT2D eigenvalue weighted by molar-refractivity contribution is 0.409. The summed E-state index contributed by atoms with van der Waals surface area (Å²) in [5.74, 6) is 1.77. The Kier molecular flexibility index (Phi) is 7.25. The van der Waals surface area contributed by atoms with Gasteiger partial charge >= 0.3 is 0 Å². The number of aromatic nitrogens is 1. The Hall–Kier alpha value is -2.08. The summed E-state index contributed by atoms with van der Waals surface area (Å²) in [5, 5.41) is 7.79. The van der Waals surface area contributed by atoms with E-state index in [4.69, 9.17) is 4.74 Å². The van der Waals surface area contributed by atoms with E-state index in [1.165, 1.54) is 16.0 Å². The third-order valence-electron chi connectivity index (χ3n) is 3.85. The number of benzene rings is 1. The topological polar surface area (TPSA) is 58.5 Å². The van der Waals surface area contributed by atoms with Crippen LogP contribution < -0.4 is 15.4 Å². The average molecular weight is 361 g/mol. The molecule has 0 aliphatic heterocycles. The van der Waals surface area contributed by atoms with Gasteiger partial charge in [-0.2, -0.15) is 0 Å². The molecule has 1 aromatic carbocycles. The van der Waals surface area contributed by atoms with Crippen molar-refractivity contribution in [2.45, 2.75) is 40.7 Å². The minimum atomic E-state index is 0.653. The normalized spacial score (nSPS) is 11.5. The first-order chi connectivity index (χ1) is 12.0. The van der Waals surface area contributed by atoms with Crippen molar-refractivity contribution in [2.75, 3.05) is 20.2 Å². The van der Waals surface area contributed by atoms with Crippen LogP contribution in [0.2, 0.25) is 0 Å². The zero-order valence-electron chi connectivity index (χ0n) is 15.8. The molecule has 0 bridgehead atoms. The molecule has 2 rings (SSSR count). The molecule has 0 atom stereocenters. The van der Waals surface area contributed by atoms with Crippen LogP contribution in [0.15, 0.2) is 23.2 Å². The Morgan fingerprint density at radius 3 is 2.68 bits per heavy atom. The summed E-state index contributed by atoms with van der Waals surface area (Å²) in [6.45, 7) is 10.5. The van der Waals surface area contributed by atoms with Crippen LogP contribution in [-0.4, -0.2) is 31.1 Å². The predicted molar refractivity (Wildman–Crippen MR) is 106 cm³/mol. The number of thiazole rings is 1.